The molecule has 0 saturated carbocycles. The lowest BCUT2D eigenvalue weighted by Gasteiger charge is -2.17. The molecule has 6 heteroatoms. The molecule has 3 aromatic rings. The van der Waals surface area contributed by atoms with Gasteiger partial charge in [0.15, 0.2) is 0 Å². The maximum absolute atomic E-state index is 12.5. The van der Waals surface area contributed by atoms with Crippen molar-refractivity contribution in [3.8, 4) is 11.5 Å². The molecule has 30 heavy (non-hydrogen) atoms. The SMILES string of the molecule is COc1ccc(NC(=O)c2ccc(NC(=O)C3=Cc4ccccc4OC3)cc2)cc1. The molecule has 2 amide bonds. The fourth-order valence-corrected chi connectivity index (χ4v) is 3.04. The highest BCUT2D eigenvalue weighted by Gasteiger charge is 2.17. The lowest BCUT2D eigenvalue weighted by Crippen LogP contribution is -2.21. The number of hydrogen-bond acceptors (Lipinski definition) is 4. The molecule has 1 aliphatic heterocycles. The van der Waals surface area contributed by atoms with Crippen molar-refractivity contribution in [1.82, 2.24) is 0 Å². The van der Waals surface area contributed by atoms with E-state index in [0.29, 0.717) is 22.5 Å². The van der Waals surface area contributed by atoms with Gasteiger partial charge in [-0.1, -0.05) is 18.2 Å². The third-order valence-electron chi connectivity index (χ3n) is 4.68. The van der Waals surface area contributed by atoms with Crippen molar-refractivity contribution in [3.63, 3.8) is 0 Å². The second-order valence-electron chi connectivity index (χ2n) is 6.71. The van der Waals surface area contributed by atoms with E-state index in [4.69, 9.17) is 9.47 Å². The van der Waals surface area contributed by atoms with Gasteiger partial charge in [0.05, 0.1) is 12.7 Å². The average molecular weight is 400 g/mol. The summed E-state index contributed by atoms with van der Waals surface area (Å²) in [6, 6.07) is 21.4. The summed E-state index contributed by atoms with van der Waals surface area (Å²) in [6.45, 7) is 0.213. The Morgan fingerprint density at radius 3 is 2.17 bits per heavy atom. The smallest absolute Gasteiger partial charge is 0.255 e. The number of methoxy groups -OCH3 is 1. The minimum Gasteiger partial charge on any atom is -0.497 e. The molecule has 0 bridgehead atoms. The molecule has 0 radical (unpaired) electrons. The van der Waals surface area contributed by atoms with Crippen LogP contribution in [0.4, 0.5) is 11.4 Å². The van der Waals surface area contributed by atoms with Gasteiger partial charge in [-0.15, -0.1) is 0 Å². The van der Waals surface area contributed by atoms with Gasteiger partial charge in [0.25, 0.3) is 11.8 Å². The summed E-state index contributed by atoms with van der Waals surface area (Å²) in [7, 11) is 1.59. The highest BCUT2D eigenvalue weighted by Crippen LogP contribution is 2.26. The van der Waals surface area contributed by atoms with Crippen LogP contribution in [0.3, 0.4) is 0 Å². The zero-order chi connectivity index (χ0) is 20.9. The van der Waals surface area contributed by atoms with Crippen LogP contribution in [0.15, 0.2) is 78.4 Å². The molecule has 0 saturated heterocycles. The van der Waals surface area contributed by atoms with Crippen LogP contribution in [0.25, 0.3) is 6.08 Å². The van der Waals surface area contributed by atoms with Gasteiger partial charge >= 0.3 is 0 Å². The van der Waals surface area contributed by atoms with E-state index in [0.717, 1.165) is 17.1 Å². The van der Waals surface area contributed by atoms with E-state index in [1.54, 1.807) is 55.6 Å². The summed E-state index contributed by atoms with van der Waals surface area (Å²) in [5.74, 6) is 1.01. The van der Waals surface area contributed by atoms with Gasteiger partial charge in [-0.05, 0) is 60.7 Å². The molecular weight excluding hydrogens is 380 g/mol. The minimum absolute atomic E-state index is 0.213. The number of benzene rings is 3. The molecule has 3 aromatic carbocycles. The predicted molar refractivity (Wildman–Crippen MR) is 116 cm³/mol. The lowest BCUT2D eigenvalue weighted by atomic mass is 10.1. The number of para-hydroxylation sites is 1. The quantitative estimate of drug-likeness (QED) is 0.667. The summed E-state index contributed by atoms with van der Waals surface area (Å²) >= 11 is 0. The van der Waals surface area contributed by atoms with Crippen molar-refractivity contribution in [1.29, 1.82) is 0 Å². The third-order valence-corrected chi connectivity index (χ3v) is 4.68. The zero-order valence-corrected chi connectivity index (χ0v) is 16.3. The fourth-order valence-electron chi connectivity index (χ4n) is 3.04. The number of rotatable bonds is 5. The first-order valence-electron chi connectivity index (χ1n) is 9.41. The van der Waals surface area contributed by atoms with Crippen molar-refractivity contribution >= 4 is 29.3 Å². The van der Waals surface area contributed by atoms with Gasteiger partial charge in [0, 0.05) is 22.5 Å². The van der Waals surface area contributed by atoms with Crippen LogP contribution in [-0.4, -0.2) is 25.5 Å². The number of hydrogen-bond donors (Lipinski definition) is 2. The number of carbonyl (C=O) groups is 2. The first-order chi connectivity index (χ1) is 14.6. The fraction of sp³-hybridized carbons (Fsp3) is 0.0833. The Morgan fingerprint density at radius 1 is 0.833 bits per heavy atom. The molecule has 0 fully saturated rings. The van der Waals surface area contributed by atoms with Gasteiger partial charge in [-0.3, -0.25) is 9.59 Å². The summed E-state index contributed by atoms with van der Waals surface area (Å²) in [5.41, 5.74) is 3.16. The second kappa shape index (κ2) is 8.53. The molecule has 150 valence electrons. The molecule has 0 spiro atoms. The molecule has 4 rings (SSSR count). The maximum Gasteiger partial charge on any atom is 0.255 e. The predicted octanol–water partition coefficient (Wildman–Crippen LogP) is 4.36. The molecular formula is C24H20N2O4. The molecule has 0 aliphatic carbocycles. The number of anilines is 2. The highest BCUT2D eigenvalue weighted by molar-refractivity contribution is 6.08. The summed E-state index contributed by atoms with van der Waals surface area (Å²) in [4.78, 5) is 25.0. The molecule has 1 aliphatic rings. The number of amides is 2. The molecule has 0 unspecified atom stereocenters. The topological polar surface area (TPSA) is 76.7 Å². The van der Waals surface area contributed by atoms with Crippen LogP contribution >= 0.6 is 0 Å². The zero-order valence-electron chi connectivity index (χ0n) is 16.3. The summed E-state index contributed by atoms with van der Waals surface area (Å²) in [5, 5.41) is 5.66. The van der Waals surface area contributed by atoms with Crippen molar-refractivity contribution in [3.05, 3.63) is 89.5 Å². The van der Waals surface area contributed by atoms with E-state index in [-0.39, 0.29) is 18.4 Å². The van der Waals surface area contributed by atoms with Crippen LogP contribution in [0, 0.1) is 0 Å². The number of fused-ring (bicyclic) bond motifs is 1. The molecule has 0 atom stereocenters. The normalized spacial score (nSPS) is 12.1. The van der Waals surface area contributed by atoms with Crippen LogP contribution in [0.1, 0.15) is 15.9 Å². The molecule has 0 aromatic heterocycles. The average Bonchev–Trinajstić information content (AvgIpc) is 2.79. The van der Waals surface area contributed by atoms with Crippen molar-refractivity contribution < 1.29 is 19.1 Å². The standard InChI is InChI=1S/C24H20N2O4/c1-29-21-12-10-20(11-13-21)25-23(27)16-6-8-19(9-7-16)26-24(28)18-14-17-4-2-3-5-22(17)30-15-18/h2-14H,15H2,1H3,(H,25,27)(H,26,28). The van der Waals surface area contributed by atoms with Gasteiger partial charge in [-0.2, -0.15) is 0 Å². The van der Waals surface area contributed by atoms with Crippen molar-refractivity contribution in [2.24, 2.45) is 0 Å². The monoisotopic (exact) mass is 400 g/mol. The van der Waals surface area contributed by atoms with E-state index in [1.165, 1.54) is 0 Å². The largest absolute Gasteiger partial charge is 0.497 e. The first kappa shape index (κ1) is 19.3. The Labute approximate surface area is 174 Å². The van der Waals surface area contributed by atoms with Crippen LogP contribution in [0.2, 0.25) is 0 Å². The van der Waals surface area contributed by atoms with E-state index < -0.39 is 0 Å². The Balaban J connectivity index is 1.39. The third kappa shape index (κ3) is 4.33. The number of ether oxygens (including phenoxy) is 2. The Morgan fingerprint density at radius 2 is 1.47 bits per heavy atom. The lowest BCUT2D eigenvalue weighted by molar-refractivity contribution is -0.113. The molecule has 1 heterocycles. The Hall–Kier alpha value is -4.06. The first-order valence-corrected chi connectivity index (χ1v) is 9.41. The highest BCUT2D eigenvalue weighted by atomic mass is 16.5. The van der Waals surface area contributed by atoms with E-state index in [1.807, 2.05) is 30.3 Å². The summed E-state index contributed by atoms with van der Waals surface area (Å²) in [6.07, 6.45) is 1.82. The molecule has 6 nitrogen and oxygen atoms in total. The molecule has 2 N–H and O–H groups in total. The number of carbonyl (C=O) groups excluding carboxylic acids is 2. The van der Waals surface area contributed by atoms with E-state index >= 15 is 0 Å². The van der Waals surface area contributed by atoms with Crippen LogP contribution in [0.5, 0.6) is 11.5 Å². The number of nitrogens with one attached hydrogen (secondary N) is 2. The van der Waals surface area contributed by atoms with Gasteiger partial charge < -0.3 is 20.1 Å². The maximum atomic E-state index is 12.5. The second-order valence-corrected chi connectivity index (χ2v) is 6.71. The van der Waals surface area contributed by atoms with Crippen molar-refractivity contribution in [2.75, 3.05) is 24.4 Å². The van der Waals surface area contributed by atoms with E-state index in [2.05, 4.69) is 10.6 Å². The Bertz CT molecular complexity index is 1100. The van der Waals surface area contributed by atoms with Crippen molar-refractivity contribution in [2.45, 2.75) is 0 Å². The van der Waals surface area contributed by atoms with Crippen LogP contribution in [-0.2, 0) is 4.79 Å². The van der Waals surface area contributed by atoms with E-state index in [9.17, 15) is 9.59 Å². The van der Waals surface area contributed by atoms with Crippen LogP contribution < -0.4 is 20.1 Å². The Kier molecular flexibility index (Phi) is 5.48. The summed E-state index contributed by atoms with van der Waals surface area (Å²) < 4.78 is 10.7. The van der Waals surface area contributed by atoms with Gasteiger partial charge in [0.1, 0.15) is 18.1 Å². The minimum atomic E-state index is -0.238. The van der Waals surface area contributed by atoms with Gasteiger partial charge in [0.2, 0.25) is 0 Å². The van der Waals surface area contributed by atoms with Gasteiger partial charge in [-0.25, -0.2) is 0 Å².